The highest BCUT2D eigenvalue weighted by atomic mass is 16.5. The third kappa shape index (κ3) is 6.74. The Balaban J connectivity index is 1.83. The molecule has 154 valence electrons. The van der Waals surface area contributed by atoms with E-state index in [-0.39, 0.29) is 30.5 Å². The van der Waals surface area contributed by atoms with Crippen LogP contribution >= 0.6 is 0 Å². The fraction of sp³-hybridized carbons (Fsp3) is 0.773. The molecule has 1 aliphatic carbocycles. The molecular formula is C22H36O5. The van der Waals surface area contributed by atoms with Crippen molar-refractivity contribution in [2.45, 2.75) is 90.1 Å². The van der Waals surface area contributed by atoms with E-state index in [2.05, 4.69) is 19.9 Å². The minimum Gasteiger partial charge on any atom is -0.481 e. The van der Waals surface area contributed by atoms with Gasteiger partial charge in [0.05, 0.1) is 24.4 Å². The molecule has 3 N–H and O–H groups in total. The monoisotopic (exact) mass is 380 g/mol. The molecule has 5 heteroatoms. The molecule has 2 rings (SSSR count). The fourth-order valence-electron chi connectivity index (χ4n) is 4.27. The van der Waals surface area contributed by atoms with Gasteiger partial charge in [0, 0.05) is 18.8 Å². The first-order chi connectivity index (χ1) is 12.8. The van der Waals surface area contributed by atoms with E-state index in [1.54, 1.807) is 0 Å². The summed E-state index contributed by atoms with van der Waals surface area (Å²) in [6.07, 6.45) is 10.4. The summed E-state index contributed by atoms with van der Waals surface area (Å²) in [6, 6.07) is 0. The molecule has 1 aliphatic heterocycles. The second kappa shape index (κ2) is 10.4. The summed E-state index contributed by atoms with van der Waals surface area (Å²) in [7, 11) is 0. The Morgan fingerprint density at radius 2 is 2.00 bits per heavy atom. The minimum absolute atomic E-state index is 0.0318. The molecule has 0 aromatic rings. The number of fused-ring (bicyclic) bond motifs is 1. The van der Waals surface area contributed by atoms with Gasteiger partial charge in [-0.05, 0) is 51.4 Å². The smallest absolute Gasteiger partial charge is 0.303 e. The second-order valence-electron chi connectivity index (χ2n) is 8.59. The van der Waals surface area contributed by atoms with Gasteiger partial charge in [-0.1, -0.05) is 37.1 Å². The van der Waals surface area contributed by atoms with Crippen LogP contribution in [0.4, 0.5) is 0 Å². The summed E-state index contributed by atoms with van der Waals surface area (Å²) >= 11 is 0. The van der Waals surface area contributed by atoms with Crippen LogP contribution in [0.15, 0.2) is 23.8 Å². The number of aliphatic carboxylic acids is 1. The summed E-state index contributed by atoms with van der Waals surface area (Å²) in [4.78, 5) is 10.6. The zero-order chi connectivity index (χ0) is 20.0. The number of hydrogen-bond donors (Lipinski definition) is 3. The van der Waals surface area contributed by atoms with Crippen molar-refractivity contribution in [1.29, 1.82) is 0 Å². The Kier molecular flexibility index (Phi) is 8.52. The standard InChI is InChI=1S/C22H36O5/c1-14(2)8-9-15(3)19(23)11-10-17-18-12-16(6-4-5-7-22(25)26)27-21(18)13-20(17)24/h8,10-11,15-21,23-24H,4-7,9,12-13H2,1-3H3,(H,25,26)/b11-10+/t15?,16-,17+,18+,19+,20+,21-/m0/s1. The maximum absolute atomic E-state index is 10.6. The Morgan fingerprint density at radius 1 is 1.26 bits per heavy atom. The molecule has 1 heterocycles. The molecule has 2 fully saturated rings. The van der Waals surface area contributed by atoms with Crippen molar-refractivity contribution in [3.63, 3.8) is 0 Å². The first-order valence-electron chi connectivity index (χ1n) is 10.3. The lowest BCUT2D eigenvalue weighted by Gasteiger charge is -2.19. The van der Waals surface area contributed by atoms with E-state index in [4.69, 9.17) is 9.84 Å². The van der Waals surface area contributed by atoms with Gasteiger partial charge in [-0.3, -0.25) is 4.79 Å². The molecule has 0 amide bonds. The molecule has 1 saturated carbocycles. The highest BCUT2D eigenvalue weighted by Crippen LogP contribution is 2.45. The Labute approximate surface area is 163 Å². The zero-order valence-corrected chi connectivity index (χ0v) is 16.9. The zero-order valence-electron chi connectivity index (χ0n) is 16.9. The minimum atomic E-state index is -0.745. The van der Waals surface area contributed by atoms with Crippen molar-refractivity contribution in [3.8, 4) is 0 Å². The van der Waals surface area contributed by atoms with E-state index in [0.29, 0.717) is 18.8 Å². The average molecular weight is 381 g/mol. The fourth-order valence-corrected chi connectivity index (χ4v) is 4.27. The van der Waals surface area contributed by atoms with Crippen molar-refractivity contribution in [2.75, 3.05) is 0 Å². The normalized spacial score (nSPS) is 32.4. The molecule has 0 aromatic heterocycles. The topological polar surface area (TPSA) is 87.0 Å². The second-order valence-corrected chi connectivity index (χ2v) is 8.59. The quantitative estimate of drug-likeness (QED) is 0.397. The average Bonchev–Trinajstić information content (AvgIpc) is 3.10. The van der Waals surface area contributed by atoms with Gasteiger partial charge in [-0.2, -0.15) is 0 Å². The Hall–Kier alpha value is -1.17. The summed E-state index contributed by atoms with van der Waals surface area (Å²) in [5, 5.41) is 29.5. The predicted molar refractivity (Wildman–Crippen MR) is 105 cm³/mol. The van der Waals surface area contributed by atoms with Gasteiger partial charge < -0.3 is 20.1 Å². The van der Waals surface area contributed by atoms with Crippen molar-refractivity contribution in [2.24, 2.45) is 17.8 Å². The molecule has 5 nitrogen and oxygen atoms in total. The Morgan fingerprint density at radius 3 is 2.67 bits per heavy atom. The van der Waals surface area contributed by atoms with E-state index in [0.717, 1.165) is 25.7 Å². The lowest BCUT2D eigenvalue weighted by atomic mass is 9.88. The van der Waals surface area contributed by atoms with Gasteiger partial charge in [0.25, 0.3) is 0 Å². The number of carbonyl (C=O) groups is 1. The van der Waals surface area contributed by atoms with Crippen molar-refractivity contribution in [3.05, 3.63) is 23.8 Å². The SMILES string of the molecule is CC(C)=CCC(C)[C@H](O)/C=C/[C@@H]1[C@H]2C[C@H](CCCCC(=O)O)O[C@H]2C[C@H]1O. The Bertz CT molecular complexity index is 537. The van der Waals surface area contributed by atoms with Crippen LogP contribution in [0.1, 0.15) is 65.7 Å². The molecule has 1 saturated heterocycles. The summed E-state index contributed by atoms with van der Waals surface area (Å²) in [5.41, 5.74) is 1.25. The summed E-state index contributed by atoms with van der Waals surface area (Å²) < 4.78 is 6.10. The van der Waals surface area contributed by atoms with Crippen molar-refractivity contribution in [1.82, 2.24) is 0 Å². The molecule has 7 atom stereocenters. The van der Waals surface area contributed by atoms with E-state index in [9.17, 15) is 15.0 Å². The number of aliphatic hydroxyl groups excluding tert-OH is 2. The van der Waals surface area contributed by atoms with E-state index in [1.165, 1.54) is 5.57 Å². The van der Waals surface area contributed by atoms with Crippen LogP contribution in [-0.4, -0.2) is 45.7 Å². The van der Waals surface area contributed by atoms with E-state index < -0.39 is 18.2 Å². The molecule has 1 unspecified atom stereocenters. The summed E-state index contributed by atoms with van der Waals surface area (Å²) in [5.74, 6) is -0.275. The molecule has 0 bridgehead atoms. The molecular weight excluding hydrogens is 344 g/mol. The maximum Gasteiger partial charge on any atom is 0.303 e. The number of hydrogen-bond acceptors (Lipinski definition) is 4. The molecule has 2 aliphatic rings. The van der Waals surface area contributed by atoms with Crippen molar-refractivity contribution < 1.29 is 24.9 Å². The first kappa shape index (κ1) is 22.1. The number of allylic oxidation sites excluding steroid dienone is 2. The lowest BCUT2D eigenvalue weighted by molar-refractivity contribution is -0.137. The predicted octanol–water partition coefficient (Wildman–Crippen LogP) is 3.70. The van der Waals surface area contributed by atoms with Gasteiger partial charge in [-0.15, -0.1) is 0 Å². The van der Waals surface area contributed by atoms with Crippen LogP contribution in [0.3, 0.4) is 0 Å². The van der Waals surface area contributed by atoms with Crippen LogP contribution in [0, 0.1) is 17.8 Å². The van der Waals surface area contributed by atoms with Gasteiger partial charge in [-0.25, -0.2) is 0 Å². The highest BCUT2D eigenvalue weighted by Gasteiger charge is 2.47. The number of carboxylic acid groups (broad SMARTS) is 1. The molecule has 0 aromatic carbocycles. The van der Waals surface area contributed by atoms with E-state index in [1.807, 2.05) is 19.1 Å². The van der Waals surface area contributed by atoms with Crippen LogP contribution in [0.2, 0.25) is 0 Å². The highest BCUT2D eigenvalue weighted by molar-refractivity contribution is 5.66. The number of carboxylic acids is 1. The van der Waals surface area contributed by atoms with E-state index >= 15 is 0 Å². The third-order valence-electron chi connectivity index (χ3n) is 5.97. The van der Waals surface area contributed by atoms with Crippen LogP contribution in [0.25, 0.3) is 0 Å². The summed E-state index contributed by atoms with van der Waals surface area (Å²) in [6.45, 7) is 6.15. The van der Waals surface area contributed by atoms with Crippen LogP contribution in [-0.2, 0) is 9.53 Å². The van der Waals surface area contributed by atoms with Crippen LogP contribution in [0.5, 0.6) is 0 Å². The molecule has 0 radical (unpaired) electrons. The van der Waals surface area contributed by atoms with Gasteiger partial charge in [0.1, 0.15) is 0 Å². The largest absolute Gasteiger partial charge is 0.481 e. The van der Waals surface area contributed by atoms with Gasteiger partial charge in [0.15, 0.2) is 0 Å². The number of aliphatic hydroxyl groups is 2. The third-order valence-corrected chi connectivity index (χ3v) is 5.97. The molecule has 0 spiro atoms. The van der Waals surface area contributed by atoms with Crippen molar-refractivity contribution >= 4 is 5.97 Å². The van der Waals surface area contributed by atoms with Gasteiger partial charge >= 0.3 is 5.97 Å². The molecule has 27 heavy (non-hydrogen) atoms. The van der Waals surface area contributed by atoms with Gasteiger partial charge in [0.2, 0.25) is 0 Å². The number of unbranched alkanes of at least 4 members (excludes halogenated alkanes) is 1. The maximum atomic E-state index is 10.6. The first-order valence-corrected chi connectivity index (χ1v) is 10.3. The van der Waals surface area contributed by atoms with Crippen LogP contribution < -0.4 is 0 Å². The number of ether oxygens (including phenoxy) is 1. The lowest BCUT2D eigenvalue weighted by Crippen LogP contribution is -2.20. The number of rotatable bonds is 10.